The molecule has 104 valence electrons. The van der Waals surface area contributed by atoms with Crippen molar-refractivity contribution in [2.24, 2.45) is 0 Å². The van der Waals surface area contributed by atoms with E-state index >= 15 is 0 Å². The van der Waals surface area contributed by atoms with E-state index in [-0.39, 0.29) is 5.91 Å². The van der Waals surface area contributed by atoms with Crippen molar-refractivity contribution in [3.05, 3.63) is 60.3 Å². The first kappa shape index (κ1) is 13.1. The Morgan fingerprint density at radius 3 is 2.95 bits per heavy atom. The second-order valence-electron chi connectivity index (χ2n) is 4.53. The predicted octanol–water partition coefficient (Wildman–Crippen LogP) is 3.18. The number of anilines is 1. The zero-order valence-corrected chi connectivity index (χ0v) is 11.4. The van der Waals surface area contributed by atoms with Crippen LogP contribution in [0, 0.1) is 6.92 Å². The van der Waals surface area contributed by atoms with Crippen molar-refractivity contribution >= 4 is 28.8 Å². The quantitative estimate of drug-likeness (QED) is 0.748. The Balaban J connectivity index is 1.73. The van der Waals surface area contributed by atoms with Gasteiger partial charge in [-0.3, -0.25) is 9.78 Å². The van der Waals surface area contributed by atoms with E-state index in [1.807, 2.05) is 37.3 Å². The maximum atomic E-state index is 11.9. The molecule has 2 aromatic heterocycles. The average molecular weight is 279 g/mol. The standard InChI is InChI=1S/C16H13N3O2/c1-11-8-9-17-10-13(11)18-15(20)6-7-16-19-12-4-2-3-5-14(12)21-16/h2-10H,1H3,(H,18,20). The van der Waals surface area contributed by atoms with Gasteiger partial charge >= 0.3 is 0 Å². The number of nitrogens with one attached hydrogen (secondary N) is 1. The highest BCUT2D eigenvalue weighted by Crippen LogP contribution is 2.16. The molecule has 0 aliphatic heterocycles. The van der Waals surface area contributed by atoms with Gasteiger partial charge in [0.15, 0.2) is 5.58 Å². The normalized spacial score (nSPS) is 11.1. The van der Waals surface area contributed by atoms with Crippen LogP contribution in [-0.4, -0.2) is 15.9 Å². The van der Waals surface area contributed by atoms with Crippen LogP contribution in [0.3, 0.4) is 0 Å². The molecule has 3 rings (SSSR count). The summed E-state index contributed by atoms with van der Waals surface area (Å²) in [6, 6.07) is 9.28. The number of oxazole rings is 1. The molecule has 2 heterocycles. The van der Waals surface area contributed by atoms with Gasteiger partial charge in [-0.05, 0) is 30.7 Å². The van der Waals surface area contributed by atoms with Crippen molar-refractivity contribution in [3.63, 3.8) is 0 Å². The van der Waals surface area contributed by atoms with Crippen LogP contribution in [0.25, 0.3) is 17.2 Å². The Kier molecular flexibility index (Phi) is 3.47. The number of carbonyl (C=O) groups excluding carboxylic acids is 1. The fourth-order valence-corrected chi connectivity index (χ4v) is 1.88. The number of hydrogen-bond donors (Lipinski definition) is 1. The Morgan fingerprint density at radius 1 is 1.29 bits per heavy atom. The molecule has 0 saturated carbocycles. The van der Waals surface area contributed by atoms with E-state index in [0.717, 1.165) is 11.1 Å². The van der Waals surface area contributed by atoms with E-state index in [9.17, 15) is 4.79 Å². The number of rotatable bonds is 3. The van der Waals surface area contributed by atoms with Crippen molar-refractivity contribution in [1.82, 2.24) is 9.97 Å². The predicted molar refractivity (Wildman–Crippen MR) is 80.6 cm³/mol. The maximum Gasteiger partial charge on any atom is 0.248 e. The molecule has 3 aromatic rings. The smallest absolute Gasteiger partial charge is 0.248 e. The third kappa shape index (κ3) is 2.97. The van der Waals surface area contributed by atoms with Gasteiger partial charge in [0.05, 0.1) is 11.9 Å². The van der Waals surface area contributed by atoms with Gasteiger partial charge in [0.1, 0.15) is 5.52 Å². The Labute approximate surface area is 121 Å². The summed E-state index contributed by atoms with van der Waals surface area (Å²) in [4.78, 5) is 20.1. The van der Waals surface area contributed by atoms with E-state index in [4.69, 9.17) is 4.42 Å². The van der Waals surface area contributed by atoms with Crippen molar-refractivity contribution in [2.75, 3.05) is 5.32 Å². The fourth-order valence-electron chi connectivity index (χ4n) is 1.88. The van der Waals surface area contributed by atoms with Crippen LogP contribution in [0.5, 0.6) is 0 Å². The summed E-state index contributed by atoms with van der Waals surface area (Å²) in [6.07, 6.45) is 6.22. The summed E-state index contributed by atoms with van der Waals surface area (Å²) < 4.78 is 5.50. The highest BCUT2D eigenvalue weighted by molar-refractivity contribution is 6.02. The van der Waals surface area contributed by atoms with Crippen LogP contribution < -0.4 is 5.32 Å². The SMILES string of the molecule is Cc1ccncc1NC(=O)C=Cc1nc2ccccc2o1. The van der Waals surface area contributed by atoms with Crippen molar-refractivity contribution < 1.29 is 9.21 Å². The molecule has 5 nitrogen and oxygen atoms in total. The number of aromatic nitrogens is 2. The van der Waals surface area contributed by atoms with Gasteiger partial charge in [0.25, 0.3) is 0 Å². The maximum absolute atomic E-state index is 11.9. The monoisotopic (exact) mass is 279 g/mol. The van der Waals surface area contributed by atoms with Gasteiger partial charge < -0.3 is 9.73 Å². The molecule has 1 aromatic carbocycles. The average Bonchev–Trinajstić information content (AvgIpc) is 2.90. The largest absolute Gasteiger partial charge is 0.437 e. The topological polar surface area (TPSA) is 68.0 Å². The minimum atomic E-state index is -0.256. The number of aryl methyl sites for hydroxylation is 1. The molecular formula is C16H13N3O2. The zero-order valence-electron chi connectivity index (χ0n) is 11.4. The second-order valence-corrected chi connectivity index (χ2v) is 4.53. The number of pyridine rings is 1. The number of carbonyl (C=O) groups is 1. The molecule has 1 N–H and O–H groups in total. The van der Waals surface area contributed by atoms with E-state index < -0.39 is 0 Å². The van der Waals surface area contributed by atoms with Gasteiger partial charge in [-0.2, -0.15) is 0 Å². The highest BCUT2D eigenvalue weighted by atomic mass is 16.3. The van der Waals surface area contributed by atoms with Crippen LogP contribution in [0.15, 0.2) is 53.2 Å². The van der Waals surface area contributed by atoms with Gasteiger partial charge in [-0.1, -0.05) is 12.1 Å². The minimum absolute atomic E-state index is 0.256. The Morgan fingerprint density at radius 2 is 2.14 bits per heavy atom. The fraction of sp³-hybridized carbons (Fsp3) is 0.0625. The first-order valence-electron chi connectivity index (χ1n) is 6.47. The summed E-state index contributed by atoms with van der Waals surface area (Å²) in [5.41, 5.74) is 3.10. The van der Waals surface area contributed by atoms with E-state index in [1.54, 1.807) is 18.5 Å². The molecule has 0 saturated heterocycles. The van der Waals surface area contributed by atoms with Crippen LogP contribution >= 0.6 is 0 Å². The Bertz CT molecular complexity index is 788. The third-order valence-electron chi connectivity index (χ3n) is 2.98. The molecule has 0 fully saturated rings. The minimum Gasteiger partial charge on any atom is -0.437 e. The lowest BCUT2D eigenvalue weighted by atomic mass is 10.2. The number of amides is 1. The number of nitrogens with zero attached hydrogens (tertiary/aromatic N) is 2. The lowest BCUT2D eigenvalue weighted by molar-refractivity contribution is -0.111. The van der Waals surface area contributed by atoms with Crippen LogP contribution in [0.1, 0.15) is 11.5 Å². The van der Waals surface area contributed by atoms with Crippen LogP contribution in [0.2, 0.25) is 0 Å². The van der Waals surface area contributed by atoms with Crippen molar-refractivity contribution in [2.45, 2.75) is 6.92 Å². The number of para-hydroxylation sites is 2. The molecule has 0 radical (unpaired) electrons. The zero-order chi connectivity index (χ0) is 14.7. The third-order valence-corrected chi connectivity index (χ3v) is 2.98. The lowest BCUT2D eigenvalue weighted by Crippen LogP contribution is -2.09. The highest BCUT2D eigenvalue weighted by Gasteiger charge is 2.04. The molecule has 1 amide bonds. The Hall–Kier alpha value is -2.95. The van der Waals surface area contributed by atoms with Crippen molar-refractivity contribution in [1.29, 1.82) is 0 Å². The summed E-state index contributed by atoms with van der Waals surface area (Å²) in [7, 11) is 0. The van der Waals surface area contributed by atoms with E-state index in [2.05, 4.69) is 15.3 Å². The first-order chi connectivity index (χ1) is 10.2. The number of hydrogen-bond acceptors (Lipinski definition) is 4. The van der Waals surface area contributed by atoms with Gasteiger partial charge in [0.2, 0.25) is 11.8 Å². The molecule has 21 heavy (non-hydrogen) atoms. The van der Waals surface area contributed by atoms with E-state index in [0.29, 0.717) is 17.2 Å². The molecule has 5 heteroatoms. The first-order valence-corrected chi connectivity index (χ1v) is 6.47. The summed E-state index contributed by atoms with van der Waals surface area (Å²) in [6.45, 7) is 1.90. The molecule has 0 unspecified atom stereocenters. The van der Waals surface area contributed by atoms with Gasteiger partial charge in [0, 0.05) is 18.3 Å². The molecule has 0 atom stereocenters. The van der Waals surface area contributed by atoms with Crippen LogP contribution in [0.4, 0.5) is 5.69 Å². The number of benzene rings is 1. The molecule has 0 bridgehead atoms. The van der Waals surface area contributed by atoms with Gasteiger partial charge in [-0.15, -0.1) is 0 Å². The van der Waals surface area contributed by atoms with Crippen molar-refractivity contribution in [3.8, 4) is 0 Å². The number of fused-ring (bicyclic) bond motifs is 1. The molecular weight excluding hydrogens is 266 g/mol. The second kappa shape index (κ2) is 5.58. The van der Waals surface area contributed by atoms with E-state index in [1.165, 1.54) is 6.08 Å². The molecule has 0 aliphatic rings. The molecule has 0 aliphatic carbocycles. The summed E-state index contributed by atoms with van der Waals surface area (Å²) >= 11 is 0. The lowest BCUT2D eigenvalue weighted by Gasteiger charge is -2.04. The molecule has 0 spiro atoms. The van der Waals surface area contributed by atoms with Gasteiger partial charge in [-0.25, -0.2) is 4.98 Å². The van der Waals surface area contributed by atoms with Crippen LogP contribution in [-0.2, 0) is 4.79 Å². The summed E-state index contributed by atoms with van der Waals surface area (Å²) in [5.74, 6) is 0.141. The summed E-state index contributed by atoms with van der Waals surface area (Å²) in [5, 5.41) is 2.76.